The quantitative estimate of drug-likeness (QED) is 0.731. The highest BCUT2D eigenvalue weighted by Gasteiger charge is 2.26. The number of ether oxygens (including phenoxy) is 1. The number of fused-ring (bicyclic) bond motifs is 1. The molecule has 1 aromatic carbocycles. The van der Waals surface area contributed by atoms with Crippen LogP contribution in [0.3, 0.4) is 0 Å². The van der Waals surface area contributed by atoms with Crippen molar-refractivity contribution in [3.05, 3.63) is 16.7 Å². The van der Waals surface area contributed by atoms with E-state index in [9.17, 15) is 4.57 Å². The van der Waals surface area contributed by atoms with Gasteiger partial charge < -0.3 is 19.5 Å². The van der Waals surface area contributed by atoms with Gasteiger partial charge in [-0.2, -0.15) is 0 Å². The van der Waals surface area contributed by atoms with Crippen molar-refractivity contribution in [2.24, 2.45) is 0 Å². The Labute approximate surface area is 138 Å². The smallest absolute Gasteiger partial charge is 0.367 e. The van der Waals surface area contributed by atoms with Gasteiger partial charge >= 0.3 is 7.60 Å². The number of halogens is 1. The van der Waals surface area contributed by atoms with Gasteiger partial charge in [0.15, 0.2) is 11.5 Å². The summed E-state index contributed by atoms with van der Waals surface area (Å²) in [5.74, 6) is 0.415. The third-order valence-corrected chi connectivity index (χ3v) is 6.01. The average Bonchev–Trinajstić information content (AvgIpc) is 2.84. The predicted octanol–water partition coefficient (Wildman–Crippen LogP) is 4.44. The minimum atomic E-state index is -3.30. The molecule has 0 bridgehead atoms. The summed E-state index contributed by atoms with van der Waals surface area (Å²) in [4.78, 5) is 4.25. The van der Waals surface area contributed by atoms with Crippen molar-refractivity contribution in [2.75, 3.05) is 25.3 Å². The van der Waals surface area contributed by atoms with E-state index in [0.717, 1.165) is 10.3 Å². The molecule has 0 aliphatic carbocycles. The molecule has 6 nitrogen and oxygen atoms in total. The zero-order valence-electron chi connectivity index (χ0n) is 12.6. The van der Waals surface area contributed by atoms with Gasteiger partial charge in [0, 0.05) is 11.1 Å². The van der Waals surface area contributed by atoms with Crippen molar-refractivity contribution in [3.63, 3.8) is 0 Å². The van der Waals surface area contributed by atoms with Gasteiger partial charge in [0.25, 0.3) is 0 Å². The SMILES string of the molecule is CCOP(=O)(COc1cc(Cl)c(C)c2sc(N)nc12)OCC. The monoisotopic (exact) mass is 364 g/mol. The van der Waals surface area contributed by atoms with Crippen LogP contribution in [0.15, 0.2) is 6.07 Å². The fourth-order valence-electron chi connectivity index (χ4n) is 1.92. The van der Waals surface area contributed by atoms with Crippen LogP contribution in [0.1, 0.15) is 19.4 Å². The zero-order chi connectivity index (χ0) is 16.3. The molecular weight excluding hydrogens is 347 g/mol. The number of nitrogens with two attached hydrogens (primary N) is 1. The standard InChI is InChI=1S/C13H18ClN2O4PS/c1-4-19-21(17,20-5-2)7-18-10-6-9(14)8(3)12-11(10)16-13(15)22-12/h6H,4-5,7H2,1-3H3,(H2,15,16). The highest BCUT2D eigenvalue weighted by Crippen LogP contribution is 2.48. The topological polar surface area (TPSA) is 83.7 Å². The zero-order valence-corrected chi connectivity index (χ0v) is 15.1. The third kappa shape index (κ3) is 3.73. The van der Waals surface area contributed by atoms with E-state index in [1.807, 2.05) is 6.92 Å². The first kappa shape index (κ1) is 17.5. The molecule has 1 heterocycles. The molecule has 122 valence electrons. The van der Waals surface area contributed by atoms with Crippen LogP contribution in [0.4, 0.5) is 5.13 Å². The summed E-state index contributed by atoms with van der Waals surface area (Å²) >= 11 is 7.53. The van der Waals surface area contributed by atoms with Crippen LogP contribution in [0.2, 0.25) is 5.02 Å². The lowest BCUT2D eigenvalue weighted by Crippen LogP contribution is -2.06. The van der Waals surface area contributed by atoms with E-state index in [0.29, 0.717) is 21.4 Å². The molecule has 0 aliphatic rings. The number of benzene rings is 1. The van der Waals surface area contributed by atoms with E-state index < -0.39 is 7.60 Å². The summed E-state index contributed by atoms with van der Waals surface area (Å²) in [6, 6.07) is 1.64. The van der Waals surface area contributed by atoms with E-state index in [-0.39, 0.29) is 19.6 Å². The second-order valence-electron chi connectivity index (χ2n) is 4.43. The van der Waals surface area contributed by atoms with Crippen LogP contribution in [0.25, 0.3) is 10.2 Å². The van der Waals surface area contributed by atoms with Crippen LogP contribution in [0, 0.1) is 6.92 Å². The number of rotatable bonds is 7. The first-order chi connectivity index (χ1) is 10.4. The molecule has 0 saturated carbocycles. The molecule has 2 rings (SSSR count). The lowest BCUT2D eigenvalue weighted by Gasteiger charge is -2.17. The Kier molecular flexibility index (Phi) is 5.69. The Morgan fingerprint density at radius 1 is 1.36 bits per heavy atom. The van der Waals surface area contributed by atoms with E-state index >= 15 is 0 Å². The molecular formula is C13H18ClN2O4PS. The van der Waals surface area contributed by atoms with Gasteiger partial charge in [0.05, 0.1) is 17.9 Å². The summed E-state index contributed by atoms with van der Waals surface area (Å²) in [5, 5.41) is 0.955. The largest absolute Gasteiger partial charge is 0.479 e. The molecule has 2 N–H and O–H groups in total. The van der Waals surface area contributed by atoms with E-state index in [1.165, 1.54) is 11.3 Å². The van der Waals surface area contributed by atoms with Crippen molar-refractivity contribution in [3.8, 4) is 5.75 Å². The number of nitrogens with zero attached hydrogens (tertiary/aromatic N) is 1. The van der Waals surface area contributed by atoms with Gasteiger partial charge in [-0.3, -0.25) is 4.57 Å². The maximum absolute atomic E-state index is 12.4. The number of nitrogen functional groups attached to an aromatic ring is 1. The van der Waals surface area contributed by atoms with Crippen molar-refractivity contribution >= 4 is 45.9 Å². The Hall–Kier alpha value is -0.850. The fourth-order valence-corrected chi connectivity index (χ4v) is 4.33. The normalized spacial score (nSPS) is 12.0. The van der Waals surface area contributed by atoms with E-state index in [2.05, 4.69) is 4.98 Å². The molecule has 0 amide bonds. The number of aryl methyl sites for hydroxylation is 1. The van der Waals surface area contributed by atoms with Gasteiger partial charge in [0.1, 0.15) is 11.3 Å². The second kappa shape index (κ2) is 7.15. The minimum absolute atomic E-state index is 0.208. The maximum Gasteiger partial charge on any atom is 0.367 e. The highest BCUT2D eigenvalue weighted by atomic mass is 35.5. The van der Waals surface area contributed by atoms with E-state index in [4.69, 9.17) is 31.1 Å². The van der Waals surface area contributed by atoms with Gasteiger partial charge in [0.2, 0.25) is 0 Å². The van der Waals surface area contributed by atoms with Crippen molar-refractivity contribution in [2.45, 2.75) is 20.8 Å². The molecule has 1 aromatic heterocycles. The Bertz CT molecular complexity index is 712. The number of anilines is 1. The van der Waals surface area contributed by atoms with Gasteiger partial charge in [-0.05, 0) is 26.3 Å². The molecule has 9 heteroatoms. The van der Waals surface area contributed by atoms with Crippen LogP contribution >= 0.6 is 30.5 Å². The Morgan fingerprint density at radius 3 is 2.59 bits per heavy atom. The molecule has 0 spiro atoms. The van der Waals surface area contributed by atoms with Gasteiger partial charge in [-0.1, -0.05) is 22.9 Å². The van der Waals surface area contributed by atoms with Gasteiger partial charge in [-0.25, -0.2) is 4.98 Å². The van der Waals surface area contributed by atoms with E-state index in [1.54, 1.807) is 19.9 Å². The highest BCUT2D eigenvalue weighted by molar-refractivity contribution is 7.53. The summed E-state index contributed by atoms with van der Waals surface area (Å²) < 4.78 is 29.3. The molecule has 0 radical (unpaired) electrons. The van der Waals surface area contributed by atoms with Gasteiger partial charge in [-0.15, -0.1) is 0 Å². The maximum atomic E-state index is 12.4. The summed E-state index contributed by atoms with van der Waals surface area (Å²) in [6.07, 6.45) is -0.208. The van der Waals surface area contributed by atoms with Crippen LogP contribution in [0.5, 0.6) is 5.75 Å². The molecule has 22 heavy (non-hydrogen) atoms. The van der Waals surface area contributed by atoms with Crippen molar-refractivity contribution < 1.29 is 18.3 Å². The molecule has 0 fully saturated rings. The summed E-state index contributed by atoms with van der Waals surface area (Å²) in [7, 11) is -3.30. The number of aromatic nitrogens is 1. The third-order valence-electron chi connectivity index (χ3n) is 2.86. The summed E-state index contributed by atoms with van der Waals surface area (Å²) in [5.41, 5.74) is 7.25. The fraction of sp³-hybridized carbons (Fsp3) is 0.462. The van der Waals surface area contributed by atoms with Crippen LogP contribution in [-0.2, 0) is 13.6 Å². The number of hydrogen-bond donors (Lipinski definition) is 1. The first-order valence-corrected chi connectivity index (χ1v) is 9.68. The lowest BCUT2D eigenvalue weighted by molar-refractivity contribution is 0.197. The van der Waals surface area contributed by atoms with Crippen LogP contribution in [-0.4, -0.2) is 24.5 Å². The van der Waals surface area contributed by atoms with Crippen LogP contribution < -0.4 is 10.5 Å². The molecule has 0 aliphatic heterocycles. The van der Waals surface area contributed by atoms with Crippen molar-refractivity contribution in [1.29, 1.82) is 0 Å². The lowest BCUT2D eigenvalue weighted by atomic mass is 10.2. The first-order valence-electron chi connectivity index (χ1n) is 6.76. The summed E-state index contributed by atoms with van der Waals surface area (Å²) in [6.45, 7) is 5.92. The number of hydrogen-bond acceptors (Lipinski definition) is 7. The number of thiazole rings is 1. The minimum Gasteiger partial charge on any atom is -0.479 e. The molecule has 0 unspecified atom stereocenters. The Morgan fingerprint density at radius 2 is 2.00 bits per heavy atom. The van der Waals surface area contributed by atoms with Crippen molar-refractivity contribution in [1.82, 2.24) is 4.98 Å². The average molecular weight is 365 g/mol. The molecule has 0 atom stereocenters. The Balaban J connectivity index is 2.31. The predicted molar refractivity (Wildman–Crippen MR) is 90.1 cm³/mol. The second-order valence-corrected chi connectivity index (χ2v) is 7.87. The molecule has 0 saturated heterocycles. The molecule has 2 aromatic rings.